The van der Waals surface area contributed by atoms with Crippen molar-refractivity contribution >= 4 is 0 Å². The Morgan fingerprint density at radius 3 is 2.35 bits per heavy atom. The highest BCUT2D eigenvalue weighted by Gasteiger charge is 2.18. The van der Waals surface area contributed by atoms with E-state index in [4.69, 9.17) is 0 Å². The lowest BCUT2D eigenvalue weighted by atomic mass is 9.96. The van der Waals surface area contributed by atoms with E-state index in [1.54, 1.807) is 0 Å². The predicted octanol–water partition coefficient (Wildman–Crippen LogP) is 0.416. The molecular weight excluding hydrogens is 214 g/mol. The number of hydrogen-bond acceptors (Lipinski definition) is 5. The number of nitrogens with one attached hydrogen (secondary N) is 5. The number of hydrazine groups is 3. The van der Waals surface area contributed by atoms with Crippen LogP contribution >= 0.6 is 0 Å². The maximum absolute atomic E-state index is 3.57. The van der Waals surface area contributed by atoms with Gasteiger partial charge in [-0.15, -0.1) is 0 Å². The molecule has 1 aromatic rings. The average Bonchev–Trinajstić information content (AvgIpc) is 2.83. The molecule has 0 amide bonds. The minimum atomic E-state index is 0.194. The van der Waals surface area contributed by atoms with Gasteiger partial charge in [-0.1, -0.05) is 44.2 Å². The Morgan fingerprint density at radius 2 is 1.76 bits per heavy atom. The van der Waals surface area contributed by atoms with E-state index in [9.17, 15) is 0 Å². The maximum Gasteiger partial charge on any atom is 0.0983 e. The second-order valence-corrected chi connectivity index (χ2v) is 4.63. The van der Waals surface area contributed by atoms with Gasteiger partial charge in [0.2, 0.25) is 0 Å². The summed E-state index contributed by atoms with van der Waals surface area (Å²) in [7, 11) is 0. The van der Waals surface area contributed by atoms with Crippen LogP contribution in [0.3, 0.4) is 0 Å². The van der Waals surface area contributed by atoms with Crippen LogP contribution < -0.4 is 27.2 Å². The first-order valence-electron chi connectivity index (χ1n) is 6.07. The molecule has 0 aromatic heterocycles. The zero-order valence-corrected chi connectivity index (χ0v) is 10.3. The van der Waals surface area contributed by atoms with Crippen molar-refractivity contribution in [1.29, 1.82) is 0 Å². The summed E-state index contributed by atoms with van der Waals surface area (Å²) in [4.78, 5) is 0. The van der Waals surface area contributed by atoms with Crippen molar-refractivity contribution in [2.45, 2.75) is 26.1 Å². The van der Waals surface area contributed by atoms with E-state index in [1.165, 1.54) is 5.56 Å². The maximum atomic E-state index is 3.57. The highest BCUT2D eigenvalue weighted by molar-refractivity contribution is 5.19. The average molecular weight is 235 g/mol. The van der Waals surface area contributed by atoms with Gasteiger partial charge in [0.25, 0.3) is 0 Å². The minimum absolute atomic E-state index is 0.194. The molecule has 5 N–H and O–H groups in total. The Hall–Kier alpha value is -0.980. The topological polar surface area (TPSA) is 60.1 Å². The zero-order chi connectivity index (χ0) is 12.1. The van der Waals surface area contributed by atoms with Crippen LogP contribution in [-0.2, 0) is 0 Å². The molecule has 17 heavy (non-hydrogen) atoms. The van der Waals surface area contributed by atoms with Crippen LogP contribution in [0.2, 0.25) is 0 Å². The normalized spacial score (nSPS) is 18.8. The van der Waals surface area contributed by atoms with Crippen LogP contribution in [0.1, 0.15) is 25.5 Å². The Kier molecular flexibility index (Phi) is 4.47. The van der Waals surface area contributed by atoms with Crippen molar-refractivity contribution in [3.63, 3.8) is 0 Å². The molecule has 0 bridgehead atoms. The number of hydrogen-bond donors (Lipinski definition) is 5. The standard InChI is InChI=1S/C12H21N5/c1-9(2)12(10-6-4-3-5-7-10)13-8-11-14-16-17-15-11/h3-7,9,11-17H,8H2,1-2H3. The molecule has 5 nitrogen and oxygen atoms in total. The molecule has 2 rings (SSSR count). The summed E-state index contributed by atoms with van der Waals surface area (Å²) in [6.45, 7) is 5.31. The molecule has 1 aromatic carbocycles. The number of benzene rings is 1. The molecule has 1 saturated heterocycles. The number of rotatable bonds is 5. The van der Waals surface area contributed by atoms with E-state index in [-0.39, 0.29) is 6.17 Å². The Morgan fingerprint density at radius 1 is 1.12 bits per heavy atom. The summed E-state index contributed by atoms with van der Waals surface area (Å²) in [6, 6.07) is 10.9. The van der Waals surface area contributed by atoms with Crippen molar-refractivity contribution in [3.05, 3.63) is 35.9 Å². The van der Waals surface area contributed by atoms with E-state index in [2.05, 4.69) is 71.4 Å². The molecular formula is C12H21N5. The molecule has 1 aliphatic heterocycles. The van der Waals surface area contributed by atoms with Gasteiger partial charge >= 0.3 is 0 Å². The van der Waals surface area contributed by atoms with E-state index in [0.717, 1.165) is 6.54 Å². The summed E-state index contributed by atoms with van der Waals surface area (Å²) in [5.41, 5.74) is 13.1. The summed E-state index contributed by atoms with van der Waals surface area (Å²) in [5.74, 6) is 0.555. The van der Waals surface area contributed by atoms with Crippen LogP contribution in [0, 0.1) is 5.92 Å². The van der Waals surface area contributed by atoms with E-state index in [1.807, 2.05) is 0 Å². The SMILES string of the molecule is CC(C)C(NCC1NNNN1)c1ccccc1. The molecule has 1 aliphatic rings. The lowest BCUT2D eigenvalue weighted by Gasteiger charge is -2.24. The summed E-state index contributed by atoms with van der Waals surface area (Å²) in [5, 5.41) is 3.57. The van der Waals surface area contributed by atoms with Gasteiger partial charge in [-0.05, 0) is 11.5 Å². The van der Waals surface area contributed by atoms with Gasteiger partial charge in [-0.3, -0.25) is 0 Å². The third-order valence-corrected chi connectivity index (χ3v) is 2.92. The molecule has 1 fully saturated rings. The van der Waals surface area contributed by atoms with Gasteiger partial charge < -0.3 is 5.32 Å². The largest absolute Gasteiger partial charge is 0.307 e. The first-order valence-corrected chi connectivity index (χ1v) is 6.07. The highest BCUT2D eigenvalue weighted by Crippen LogP contribution is 2.20. The third kappa shape index (κ3) is 3.49. The predicted molar refractivity (Wildman–Crippen MR) is 68.4 cm³/mol. The van der Waals surface area contributed by atoms with Gasteiger partial charge in [0.1, 0.15) is 0 Å². The van der Waals surface area contributed by atoms with Crippen molar-refractivity contribution in [3.8, 4) is 0 Å². The summed E-state index contributed by atoms with van der Waals surface area (Å²) >= 11 is 0. The molecule has 0 saturated carbocycles. The van der Waals surface area contributed by atoms with E-state index >= 15 is 0 Å². The van der Waals surface area contributed by atoms with Gasteiger partial charge in [-0.2, -0.15) is 11.1 Å². The van der Waals surface area contributed by atoms with Gasteiger partial charge in [0.05, 0.1) is 6.17 Å². The second-order valence-electron chi connectivity index (χ2n) is 4.63. The van der Waals surface area contributed by atoms with Crippen LogP contribution in [0.25, 0.3) is 0 Å². The van der Waals surface area contributed by atoms with Crippen molar-refractivity contribution in [2.75, 3.05) is 6.54 Å². The van der Waals surface area contributed by atoms with Crippen LogP contribution in [-0.4, -0.2) is 12.7 Å². The van der Waals surface area contributed by atoms with Crippen molar-refractivity contribution in [1.82, 2.24) is 27.2 Å². The van der Waals surface area contributed by atoms with Crippen LogP contribution in [0.15, 0.2) is 30.3 Å². The summed E-state index contributed by atoms with van der Waals surface area (Å²) in [6.07, 6.45) is 0.194. The quantitative estimate of drug-likeness (QED) is 0.512. The molecule has 0 radical (unpaired) electrons. The molecule has 0 spiro atoms. The highest BCUT2D eigenvalue weighted by atomic mass is 15.8. The molecule has 1 atom stereocenters. The third-order valence-electron chi connectivity index (χ3n) is 2.92. The van der Waals surface area contributed by atoms with Crippen LogP contribution in [0.4, 0.5) is 0 Å². The van der Waals surface area contributed by atoms with E-state index < -0.39 is 0 Å². The second kappa shape index (κ2) is 6.09. The Bertz CT molecular complexity index is 321. The Balaban J connectivity index is 1.93. The minimum Gasteiger partial charge on any atom is -0.307 e. The van der Waals surface area contributed by atoms with Gasteiger partial charge in [-0.25, -0.2) is 10.9 Å². The van der Waals surface area contributed by atoms with Crippen molar-refractivity contribution < 1.29 is 0 Å². The fourth-order valence-corrected chi connectivity index (χ4v) is 2.03. The molecule has 1 unspecified atom stereocenters. The lowest BCUT2D eigenvalue weighted by molar-refractivity contribution is 0.373. The van der Waals surface area contributed by atoms with Crippen molar-refractivity contribution in [2.24, 2.45) is 5.92 Å². The summed E-state index contributed by atoms with van der Waals surface area (Å²) < 4.78 is 0. The first kappa shape index (κ1) is 12.5. The van der Waals surface area contributed by atoms with Gasteiger partial charge in [0.15, 0.2) is 0 Å². The first-order chi connectivity index (χ1) is 8.27. The van der Waals surface area contributed by atoms with Gasteiger partial charge in [0, 0.05) is 12.6 Å². The molecule has 0 aliphatic carbocycles. The molecule has 1 heterocycles. The molecule has 94 valence electrons. The molecule has 5 heteroatoms. The van der Waals surface area contributed by atoms with Crippen LogP contribution in [0.5, 0.6) is 0 Å². The monoisotopic (exact) mass is 235 g/mol. The zero-order valence-electron chi connectivity index (χ0n) is 10.3. The Labute approximate surface area is 102 Å². The van der Waals surface area contributed by atoms with E-state index in [0.29, 0.717) is 12.0 Å². The fraction of sp³-hybridized carbons (Fsp3) is 0.500. The smallest absolute Gasteiger partial charge is 0.0983 e. The fourth-order valence-electron chi connectivity index (χ4n) is 2.03. The lowest BCUT2D eigenvalue weighted by Crippen LogP contribution is -2.44.